The van der Waals surface area contributed by atoms with Gasteiger partial charge < -0.3 is 40.1 Å². The second kappa shape index (κ2) is 22.4. The number of phenolic OH excluding ortho intramolecular Hbond substituents is 4. The van der Waals surface area contributed by atoms with Gasteiger partial charge in [0.1, 0.15) is 34.4 Å². The SMILES string of the molecule is C.CCNC(=O)c1onc(-c2cc(C(C)C)c(O)cc2O)c1-c1ccc2c(c1)CCCC2.CCNC(=O)c1onc(-c2cc(C(C)C)c(O)cc2O)c1-c1ccc2c(c1)CCCC2.CS(=O)(=O)O. The number of hydrogen-bond donors (Lipinski definition) is 7. The number of aryl methyl sites for hydroxylation is 4. The molecule has 364 valence electrons. The molecule has 2 aliphatic rings. The summed E-state index contributed by atoms with van der Waals surface area (Å²) in [5, 5.41) is 55.7. The third-order valence-corrected chi connectivity index (χ3v) is 11.8. The van der Waals surface area contributed by atoms with Crippen LogP contribution in [-0.4, -0.2) is 74.9 Å². The molecular weight excluding hydrogens is 889 g/mol. The van der Waals surface area contributed by atoms with E-state index in [9.17, 15) is 38.4 Å². The Bertz CT molecular complexity index is 2690. The van der Waals surface area contributed by atoms with E-state index in [1.54, 1.807) is 12.1 Å². The van der Waals surface area contributed by atoms with Crippen molar-refractivity contribution in [2.45, 2.75) is 112 Å². The minimum absolute atomic E-state index is 0. The first kappa shape index (κ1) is 52.3. The van der Waals surface area contributed by atoms with E-state index in [2.05, 4.69) is 45.2 Å². The number of nitrogens with one attached hydrogen (secondary N) is 2. The van der Waals surface area contributed by atoms with Gasteiger partial charge in [-0.05, 0) is 134 Å². The van der Waals surface area contributed by atoms with Crippen molar-refractivity contribution in [1.29, 1.82) is 0 Å². The second-order valence-electron chi connectivity index (χ2n) is 17.5. The van der Waals surface area contributed by atoms with Gasteiger partial charge in [-0.2, -0.15) is 8.42 Å². The van der Waals surface area contributed by atoms with Gasteiger partial charge in [-0.1, -0.05) is 81.8 Å². The number of rotatable bonds is 10. The number of carbonyl (C=O) groups excluding carboxylic acids is 2. The third kappa shape index (κ3) is 12.1. The summed E-state index contributed by atoms with van der Waals surface area (Å²) >= 11 is 0. The fourth-order valence-electron chi connectivity index (χ4n) is 8.55. The van der Waals surface area contributed by atoms with Crippen molar-refractivity contribution in [3.63, 3.8) is 0 Å². The zero-order valence-electron chi connectivity index (χ0n) is 39.0. The number of aromatic hydroxyl groups is 4. The van der Waals surface area contributed by atoms with Crippen LogP contribution in [-0.2, 0) is 35.8 Å². The summed E-state index contributed by atoms with van der Waals surface area (Å²) in [6.07, 6.45) is 9.51. The van der Waals surface area contributed by atoms with Gasteiger partial charge in [0.05, 0.1) is 17.4 Å². The Hall–Kier alpha value is -6.65. The zero-order valence-corrected chi connectivity index (χ0v) is 39.8. The Morgan fingerprint density at radius 1 is 0.588 bits per heavy atom. The highest BCUT2D eigenvalue weighted by Gasteiger charge is 2.29. The van der Waals surface area contributed by atoms with Crippen molar-refractivity contribution in [3.8, 4) is 67.8 Å². The highest BCUT2D eigenvalue weighted by atomic mass is 32.2. The lowest BCUT2D eigenvalue weighted by Gasteiger charge is -2.17. The first-order valence-corrected chi connectivity index (χ1v) is 24.5. The van der Waals surface area contributed by atoms with E-state index in [0.717, 1.165) is 49.7 Å². The predicted molar refractivity (Wildman–Crippen MR) is 263 cm³/mol. The van der Waals surface area contributed by atoms with Crippen LogP contribution in [0.15, 0.2) is 69.7 Å². The first-order valence-electron chi connectivity index (χ1n) is 22.7. The molecule has 2 heterocycles. The average molecular weight is 953 g/mol. The van der Waals surface area contributed by atoms with Crippen LogP contribution in [0, 0.1) is 0 Å². The molecule has 2 amide bonds. The molecule has 0 fully saturated rings. The molecule has 0 unspecified atom stereocenters. The Morgan fingerprint density at radius 2 is 0.926 bits per heavy atom. The monoisotopic (exact) mass is 952 g/mol. The number of amides is 2. The van der Waals surface area contributed by atoms with Gasteiger partial charge >= 0.3 is 0 Å². The highest BCUT2D eigenvalue weighted by Crippen LogP contribution is 2.45. The Kier molecular flexibility index (Phi) is 17.3. The fraction of sp³-hybridized carbons (Fsp3) is 0.385. The fourth-order valence-corrected chi connectivity index (χ4v) is 8.55. The van der Waals surface area contributed by atoms with Gasteiger partial charge in [0, 0.05) is 36.3 Å². The minimum Gasteiger partial charge on any atom is -0.508 e. The topological polar surface area (TPSA) is 246 Å². The molecule has 15 nitrogen and oxygen atoms in total. The van der Waals surface area contributed by atoms with E-state index in [1.165, 1.54) is 47.2 Å². The Balaban J connectivity index is 0.000000228. The van der Waals surface area contributed by atoms with E-state index in [-0.39, 0.29) is 65.6 Å². The molecule has 4 aromatic carbocycles. The lowest BCUT2D eigenvalue weighted by molar-refractivity contribution is 0.0912. The van der Waals surface area contributed by atoms with Crippen molar-refractivity contribution < 1.29 is 52.0 Å². The second-order valence-corrected chi connectivity index (χ2v) is 18.9. The molecule has 0 saturated heterocycles. The molecule has 68 heavy (non-hydrogen) atoms. The van der Waals surface area contributed by atoms with Crippen LogP contribution >= 0.6 is 0 Å². The van der Waals surface area contributed by atoms with Gasteiger partial charge in [0.15, 0.2) is 0 Å². The molecule has 0 aliphatic heterocycles. The normalized spacial score (nSPS) is 13.0. The van der Waals surface area contributed by atoms with Crippen LogP contribution in [0.1, 0.15) is 141 Å². The molecular formula is C52H64N4O11S. The third-order valence-electron chi connectivity index (χ3n) is 11.8. The summed E-state index contributed by atoms with van der Waals surface area (Å²) in [7, 11) is -3.67. The van der Waals surface area contributed by atoms with Gasteiger partial charge in [-0.25, -0.2) is 0 Å². The maximum atomic E-state index is 12.7. The van der Waals surface area contributed by atoms with E-state index in [1.807, 2.05) is 53.7 Å². The number of aromatic nitrogens is 2. The number of fused-ring (bicyclic) bond motifs is 2. The molecule has 0 radical (unpaired) electrons. The Labute approximate surface area is 398 Å². The van der Waals surface area contributed by atoms with Crippen LogP contribution in [0.5, 0.6) is 23.0 Å². The van der Waals surface area contributed by atoms with Gasteiger partial charge in [0.25, 0.3) is 21.9 Å². The molecule has 8 rings (SSSR count). The van der Waals surface area contributed by atoms with Crippen LogP contribution in [0.25, 0.3) is 44.8 Å². The summed E-state index contributed by atoms with van der Waals surface area (Å²) in [5.41, 5.74) is 11.0. The smallest absolute Gasteiger partial charge is 0.290 e. The summed E-state index contributed by atoms with van der Waals surface area (Å²) in [4.78, 5) is 25.5. The van der Waals surface area contributed by atoms with Crippen LogP contribution in [0.4, 0.5) is 0 Å². The summed E-state index contributed by atoms with van der Waals surface area (Å²) in [6, 6.07) is 18.5. The predicted octanol–water partition coefficient (Wildman–Crippen LogP) is 10.5. The number of carbonyl (C=O) groups is 2. The molecule has 0 spiro atoms. The molecule has 7 N–H and O–H groups in total. The van der Waals surface area contributed by atoms with Crippen molar-refractivity contribution in [2.75, 3.05) is 19.3 Å². The quantitative estimate of drug-likeness (QED) is 0.0633. The average Bonchev–Trinajstić information content (AvgIpc) is 3.92. The summed E-state index contributed by atoms with van der Waals surface area (Å²) in [5.74, 6) is -0.556. The number of phenols is 4. The highest BCUT2D eigenvalue weighted by molar-refractivity contribution is 7.85. The van der Waals surface area contributed by atoms with Gasteiger partial charge in [-0.3, -0.25) is 14.1 Å². The molecule has 0 saturated carbocycles. The minimum atomic E-state index is -3.67. The zero-order chi connectivity index (χ0) is 48.7. The van der Waals surface area contributed by atoms with E-state index < -0.39 is 10.1 Å². The largest absolute Gasteiger partial charge is 0.508 e. The summed E-state index contributed by atoms with van der Waals surface area (Å²) < 4.78 is 36.9. The Morgan fingerprint density at radius 3 is 1.25 bits per heavy atom. The van der Waals surface area contributed by atoms with Crippen LogP contribution in [0.2, 0.25) is 0 Å². The van der Waals surface area contributed by atoms with Gasteiger partial charge in [-0.15, -0.1) is 0 Å². The van der Waals surface area contributed by atoms with Crippen LogP contribution < -0.4 is 10.6 Å². The molecule has 6 aromatic rings. The molecule has 0 atom stereocenters. The number of benzene rings is 4. The van der Waals surface area contributed by atoms with Gasteiger partial charge in [0.2, 0.25) is 11.5 Å². The van der Waals surface area contributed by atoms with Crippen molar-refractivity contribution in [2.24, 2.45) is 0 Å². The standard InChI is InChI=1S/2C25H28N2O4.CH4O3S.CH4/c2*1-4-26-25(30)24-22(17-10-9-15-7-5-6-8-16(15)11-17)23(27-31-24)19-12-18(14(2)3)20(28)13-21(19)29;1-5(2,3)4;/h2*9-14,28-29H,4-8H2,1-3H3,(H,26,30);1H3,(H,2,3,4);1H4. The maximum Gasteiger partial charge on any atom is 0.290 e. The van der Waals surface area contributed by atoms with Crippen molar-refractivity contribution in [1.82, 2.24) is 20.9 Å². The molecule has 16 heteroatoms. The molecule has 2 aromatic heterocycles. The lowest BCUT2D eigenvalue weighted by atomic mass is 9.87. The summed E-state index contributed by atoms with van der Waals surface area (Å²) in [6.45, 7) is 12.4. The van der Waals surface area contributed by atoms with Crippen LogP contribution in [0.3, 0.4) is 0 Å². The first-order chi connectivity index (χ1) is 31.8. The lowest BCUT2D eigenvalue weighted by Crippen LogP contribution is -2.22. The van der Waals surface area contributed by atoms with Crippen molar-refractivity contribution in [3.05, 3.63) is 106 Å². The number of nitrogens with zero attached hydrogens (tertiary/aromatic N) is 2. The van der Waals surface area contributed by atoms with E-state index in [4.69, 9.17) is 13.6 Å². The molecule has 2 aliphatic carbocycles. The maximum absolute atomic E-state index is 12.7. The van der Waals surface area contributed by atoms with E-state index in [0.29, 0.717) is 64.1 Å². The van der Waals surface area contributed by atoms with E-state index >= 15 is 0 Å². The van der Waals surface area contributed by atoms with Crippen molar-refractivity contribution >= 4 is 21.9 Å². The molecule has 0 bridgehead atoms. The number of hydrogen-bond acceptors (Lipinski definition) is 12.